The van der Waals surface area contributed by atoms with E-state index in [1.807, 2.05) is 6.92 Å². The first-order chi connectivity index (χ1) is 9.70. The summed E-state index contributed by atoms with van der Waals surface area (Å²) in [6, 6.07) is 5.36. The van der Waals surface area contributed by atoms with Crippen molar-refractivity contribution in [3.63, 3.8) is 0 Å². The largest absolute Gasteiger partial charge is 0.491 e. The second-order valence-electron chi connectivity index (χ2n) is 5.86. The van der Waals surface area contributed by atoms with Crippen molar-refractivity contribution in [2.45, 2.75) is 50.9 Å². The van der Waals surface area contributed by atoms with Crippen LogP contribution in [0.3, 0.4) is 0 Å². The Labute approximate surface area is 119 Å². The van der Waals surface area contributed by atoms with Gasteiger partial charge >= 0.3 is 0 Å². The molecule has 2 unspecified atom stereocenters. The lowest BCUT2D eigenvalue weighted by Crippen LogP contribution is -2.29. The molecule has 20 heavy (non-hydrogen) atoms. The van der Waals surface area contributed by atoms with Crippen LogP contribution in [-0.2, 0) is 4.74 Å². The second kappa shape index (κ2) is 6.10. The predicted molar refractivity (Wildman–Crippen MR) is 75.6 cm³/mol. The van der Waals surface area contributed by atoms with E-state index in [1.54, 1.807) is 6.07 Å². The highest BCUT2D eigenvalue weighted by molar-refractivity contribution is 5.32. The number of hydrogen-bond acceptors (Lipinski definition) is 3. The van der Waals surface area contributed by atoms with Gasteiger partial charge in [-0.05, 0) is 44.2 Å². The molecular weight excluding hydrogens is 257 g/mol. The molecule has 1 saturated carbocycles. The molecule has 0 aromatic heterocycles. The maximum atomic E-state index is 13.2. The lowest BCUT2D eigenvalue weighted by Gasteiger charge is -2.16. The maximum Gasteiger partial charge on any atom is 0.126 e. The molecule has 1 aromatic carbocycles. The van der Waals surface area contributed by atoms with Crippen molar-refractivity contribution >= 4 is 0 Å². The lowest BCUT2D eigenvalue weighted by molar-refractivity contribution is 0.0182. The van der Waals surface area contributed by atoms with E-state index >= 15 is 0 Å². The molecule has 110 valence electrons. The van der Waals surface area contributed by atoms with Crippen molar-refractivity contribution in [2.24, 2.45) is 0 Å². The van der Waals surface area contributed by atoms with Crippen LogP contribution in [0, 0.1) is 12.7 Å². The minimum absolute atomic E-state index is 0.128. The fraction of sp³-hybridized carbons (Fsp3) is 0.625. The summed E-state index contributed by atoms with van der Waals surface area (Å²) >= 11 is 0. The van der Waals surface area contributed by atoms with Gasteiger partial charge in [0.15, 0.2) is 0 Å². The van der Waals surface area contributed by atoms with Gasteiger partial charge in [0.05, 0.1) is 12.2 Å². The Balaban J connectivity index is 1.43. The number of rotatable bonds is 6. The summed E-state index contributed by atoms with van der Waals surface area (Å²) in [5.41, 5.74) is 0.955. The third kappa shape index (κ3) is 3.70. The van der Waals surface area contributed by atoms with Crippen molar-refractivity contribution in [1.82, 2.24) is 5.32 Å². The van der Waals surface area contributed by atoms with Gasteiger partial charge in [0.25, 0.3) is 0 Å². The number of hydrogen-bond donors (Lipinski definition) is 1. The molecule has 1 aliphatic heterocycles. The quantitative estimate of drug-likeness (QED) is 0.868. The smallest absolute Gasteiger partial charge is 0.126 e. The second-order valence-corrected chi connectivity index (χ2v) is 5.86. The molecule has 4 heteroatoms. The summed E-state index contributed by atoms with van der Waals surface area (Å²) in [6.07, 6.45) is 5.14. The molecule has 2 aliphatic rings. The maximum absolute atomic E-state index is 13.2. The highest BCUT2D eigenvalue weighted by Crippen LogP contribution is 2.24. The van der Waals surface area contributed by atoms with E-state index in [4.69, 9.17) is 9.47 Å². The summed E-state index contributed by atoms with van der Waals surface area (Å²) in [7, 11) is 0. The van der Waals surface area contributed by atoms with Crippen LogP contribution in [0.2, 0.25) is 0 Å². The third-order valence-electron chi connectivity index (χ3n) is 3.98. The molecule has 3 rings (SSSR count). The Morgan fingerprint density at radius 3 is 2.85 bits per heavy atom. The molecule has 1 aromatic rings. The van der Waals surface area contributed by atoms with Gasteiger partial charge in [-0.25, -0.2) is 4.39 Å². The van der Waals surface area contributed by atoms with Crippen LogP contribution in [0.1, 0.15) is 31.2 Å². The first-order valence-electron chi connectivity index (χ1n) is 7.48. The molecule has 1 heterocycles. The Hall–Kier alpha value is -1.13. The summed E-state index contributed by atoms with van der Waals surface area (Å²) in [6.45, 7) is 3.37. The zero-order valence-corrected chi connectivity index (χ0v) is 11.9. The van der Waals surface area contributed by atoms with Gasteiger partial charge in [-0.3, -0.25) is 0 Å². The van der Waals surface area contributed by atoms with E-state index in [2.05, 4.69) is 5.32 Å². The van der Waals surface area contributed by atoms with Gasteiger partial charge in [0, 0.05) is 18.7 Å². The minimum atomic E-state index is -0.260. The highest BCUT2D eigenvalue weighted by atomic mass is 19.1. The fourth-order valence-corrected chi connectivity index (χ4v) is 2.55. The van der Waals surface area contributed by atoms with Gasteiger partial charge in [0.2, 0.25) is 0 Å². The Bertz CT molecular complexity index is 462. The van der Waals surface area contributed by atoms with Crippen molar-refractivity contribution in [1.29, 1.82) is 0 Å². The zero-order chi connectivity index (χ0) is 13.9. The molecule has 0 spiro atoms. The van der Waals surface area contributed by atoms with Crippen molar-refractivity contribution in [2.75, 3.05) is 13.2 Å². The Morgan fingerprint density at radius 1 is 1.25 bits per heavy atom. The average molecular weight is 279 g/mol. The summed E-state index contributed by atoms with van der Waals surface area (Å²) in [5.74, 6) is 0.359. The molecule has 2 fully saturated rings. The topological polar surface area (TPSA) is 30.5 Å². The number of nitrogens with one attached hydrogen (secondary N) is 1. The van der Waals surface area contributed by atoms with Crippen LogP contribution >= 0.6 is 0 Å². The lowest BCUT2D eigenvalue weighted by atomic mass is 10.2. The number of benzene rings is 1. The number of aryl methyl sites for hydroxylation is 1. The van der Waals surface area contributed by atoms with Gasteiger partial charge < -0.3 is 14.8 Å². The van der Waals surface area contributed by atoms with Gasteiger partial charge in [-0.2, -0.15) is 0 Å². The van der Waals surface area contributed by atoms with Gasteiger partial charge in [-0.15, -0.1) is 0 Å². The molecule has 1 N–H and O–H groups in total. The van der Waals surface area contributed by atoms with E-state index in [1.165, 1.54) is 25.0 Å². The molecule has 3 nitrogen and oxygen atoms in total. The van der Waals surface area contributed by atoms with Crippen LogP contribution in [0.5, 0.6) is 5.75 Å². The number of ether oxygens (including phenoxy) is 2. The average Bonchev–Trinajstić information content (AvgIpc) is 3.16. The van der Waals surface area contributed by atoms with Crippen LogP contribution in [0.25, 0.3) is 0 Å². The first kappa shape index (κ1) is 13.8. The summed E-state index contributed by atoms with van der Waals surface area (Å²) < 4.78 is 24.8. The van der Waals surface area contributed by atoms with E-state index < -0.39 is 0 Å². The third-order valence-corrected chi connectivity index (χ3v) is 3.98. The molecule has 2 atom stereocenters. The highest BCUT2D eigenvalue weighted by Gasteiger charge is 2.28. The van der Waals surface area contributed by atoms with Crippen molar-refractivity contribution in [3.8, 4) is 5.75 Å². The Kier molecular flexibility index (Phi) is 4.22. The molecule has 0 bridgehead atoms. The van der Waals surface area contributed by atoms with E-state index in [9.17, 15) is 4.39 Å². The standard InChI is InChI=1S/C16H22FNO2/c1-11-2-3-12(17)8-16(11)19-10-15-7-6-14(20-15)9-18-13-4-5-13/h2-3,8,13-15,18H,4-7,9-10H2,1H3. The van der Waals surface area contributed by atoms with Gasteiger partial charge in [0.1, 0.15) is 18.2 Å². The Morgan fingerprint density at radius 2 is 2.05 bits per heavy atom. The normalized spacial score (nSPS) is 25.9. The molecular formula is C16H22FNO2. The minimum Gasteiger partial charge on any atom is -0.491 e. The summed E-state index contributed by atoms with van der Waals surface area (Å²) in [4.78, 5) is 0. The molecule has 0 amide bonds. The SMILES string of the molecule is Cc1ccc(F)cc1OCC1CCC(CNC2CC2)O1. The van der Waals surface area contributed by atoms with E-state index in [-0.39, 0.29) is 11.9 Å². The van der Waals surface area contributed by atoms with Crippen LogP contribution < -0.4 is 10.1 Å². The monoisotopic (exact) mass is 279 g/mol. The van der Waals surface area contributed by atoms with Crippen LogP contribution in [-0.4, -0.2) is 31.4 Å². The van der Waals surface area contributed by atoms with E-state index in [0.29, 0.717) is 18.5 Å². The molecule has 0 radical (unpaired) electrons. The predicted octanol–water partition coefficient (Wildman–Crippen LogP) is 2.81. The number of halogens is 1. The van der Waals surface area contributed by atoms with Crippen molar-refractivity contribution < 1.29 is 13.9 Å². The molecule has 1 saturated heterocycles. The summed E-state index contributed by atoms with van der Waals surface area (Å²) in [5, 5.41) is 3.49. The van der Waals surface area contributed by atoms with Crippen LogP contribution in [0.15, 0.2) is 18.2 Å². The molecule has 1 aliphatic carbocycles. The fourth-order valence-electron chi connectivity index (χ4n) is 2.55. The zero-order valence-electron chi connectivity index (χ0n) is 11.9. The van der Waals surface area contributed by atoms with Crippen molar-refractivity contribution in [3.05, 3.63) is 29.6 Å². The van der Waals surface area contributed by atoms with E-state index in [0.717, 1.165) is 31.0 Å². The first-order valence-corrected chi connectivity index (χ1v) is 7.48. The van der Waals surface area contributed by atoms with Crippen LogP contribution in [0.4, 0.5) is 4.39 Å². The van der Waals surface area contributed by atoms with Gasteiger partial charge in [-0.1, -0.05) is 6.07 Å².